The summed E-state index contributed by atoms with van der Waals surface area (Å²) in [5.74, 6) is -0.696. The average molecular weight is 308 g/mol. The van der Waals surface area contributed by atoms with E-state index in [9.17, 15) is 5.11 Å². The molecule has 0 spiro atoms. The predicted octanol–water partition coefficient (Wildman–Crippen LogP) is 1.34. The molecule has 3 saturated heterocycles. The topological polar surface area (TPSA) is 66.4 Å². The molecule has 0 amide bonds. The molecule has 3 aliphatic rings. The number of hydrogen-bond acceptors (Lipinski definition) is 6. The lowest BCUT2D eigenvalue weighted by Crippen LogP contribution is -2.50. The number of ether oxygens (including phenoxy) is 5. The first-order valence-electron chi connectivity index (χ1n) is 7.55. The van der Waals surface area contributed by atoms with Crippen LogP contribution in [-0.4, -0.2) is 48.2 Å². The maximum absolute atomic E-state index is 9.63. The molecule has 120 valence electrons. The summed E-state index contributed by atoms with van der Waals surface area (Å²) in [5.41, 5.74) is 0.904. The summed E-state index contributed by atoms with van der Waals surface area (Å²) in [5, 5.41) is 9.63. The van der Waals surface area contributed by atoms with Crippen molar-refractivity contribution in [3.05, 3.63) is 35.9 Å². The third-order valence-electron chi connectivity index (χ3n) is 4.22. The highest BCUT2D eigenvalue weighted by Crippen LogP contribution is 2.44. The molecule has 3 heterocycles. The van der Waals surface area contributed by atoms with E-state index in [1.165, 1.54) is 0 Å². The van der Waals surface area contributed by atoms with Gasteiger partial charge in [0.25, 0.3) is 0 Å². The minimum Gasteiger partial charge on any atom is -0.394 e. The Morgan fingerprint density at radius 2 is 1.73 bits per heavy atom. The lowest BCUT2D eigenvalue weighted by molar-refractivity contribution is -0.313. The highest BCUT2D eigenvalue weighted by atomic mass is 16.9. The fraction of sp³-hybridized carbons (Fsp3) is 0.625. The van der Waals surface area contributed by atoms with Crippen LogP contribution < -0.4 is 0 Å². The fourth-order valence-corrected chi connectivity index (χ4v) is 3.28. The number of rotatable bonds is 2. The van der Waals surface area contributed by atoms with Crippen molar-refractivity contribution in [2.75, 3.05) is 6.61 Å². The van der Waals surface area contributed by atoms with Crippen LogP contribution in [0.15, 0.2) is 30.3 Å². The van der Waals surface area contributed by atoms with Crippen LogP contribution in [0.1, 0.15) is 25.7 Å². The summed E-state index contributed by atoms with van der Waals surface area (Å²) >= 11 is 0. The van der Waals surface area contributed by atoms with Crippen molar-refractivity contribution in [2.45, 2.75) is 56.6 Å². The van der Waals surface area contributed by atoms with Gasteiger partial charge in [-0.15, -0.1) is 0 Å². The van der Waals surface area contributed by atoms with Gasteiger partial charge in [-0.1, -0.05) is 30.3 Å². The van der Waals surface area contributed by atoms with E-state index in [1.54, 1.807) is 0 Å². The molecule has 0 bridgehead atoms. The largest absolute Gasteiger partial charge is 0.394 e. The van der Waals surface area contributed by atoms with Gasteiger partial charge < -0.3 is 28.8 Å². The smallest absolute Gasteiger partial charge is 0.190 e. The molecule has 6 heteroatoms. The molecule has 1 N–H and O–H groups in total. The van der Waals surface area contributed by atoms with E-state index in [-0.39, 0.29) is 18.8 Å². The molecule has 3 fully saturated rings. The molecular weight excluding hydrogens is 288 g/mol. The van der Waals surface area contributed by atoms with Crippen molar-refractivity contribution in [2.24, 2.45) is 0 Å². The van der Waals surface area contributed by atoms with Crippen molar-refractivity contribution in [3.8, 4) is 0 Å². The molecular formula is C16H20O6. The second kappa shape index (κ2) is 5.26. The predicted molar refractivity (Wildman–Crippen MR) is 74.7 cm³/mol. The fourth-order valence-electron chi connectivity index (χ4n) is 3.28. The first kappa shape index (κ1) is 14.6. The van der Waals surface area contributed by atoms with Gasteiger partial charge in [-0.25, -0.2) is 0 Å². The van der Waals surface area contributed by atoms with E-state index < -0.39 is 30.6 Å². The summed E-state index contributed by atoms with van der Waals surface area (Å²) in [6, 6.07) is 9.65. The molecule has 0 saturated carbocycles. The van der Waals surface area contributed by atoms with E-state index in [0.29, 0.717) is 0 Å². The molecule has 6 atom stereocenters. The number of aliphatic hydroxyl groups is 1. The van der Waals surface area contributed by atoms with Gasteiger partial charge in [-0.2, -0.15) is 0 Å². The maximum atomic E-state index is 9.63. The number of benzene rings is 1. The SMILES string of the molecule is CC1(C)OC2O[C@H]3[C@H](OC(c4ccccc4)O[C@@H]3CO)[C@H]2O1. The van der Waals surface area contributed by atoms with Gasteiger partial charge in [0.1, 0.15) is 24.4 Å². The summed E-state index contributed by atoms with van der Waals surface area (Å²) in [7, 11) is 0. The summed E-state index contributed by atoms with van der Waals surface area (Å²) in [6.45, 7) is 3.55. The summed E-state index contributed by atoms with van der Waals surface area (Å²) in [4.78, 5) is 0. The van der Waals surface area contributed by atoms with Crippen molar-refractivity contribution in [1.29, 1.82) is 0 Å². The zero-order chi connectivity index (χ0) is 15.3. The Balaban J connectivity index is 1.59. The van der Waals surface area contributed by atoms with E-state index in [0.717, 1.165) is 5.56 Å². The molecule has 0 radical (unpaired) electrons. The molecule has 2 unspecified atom stereocenters. The maximum Gasteiger partial charge on any atom is 0.190 e. The number of hydrogen-bond donors (Lipinski definition) is 1. The van der Waals surface area contributed by atoms with E-state index >= 15 is 0 Å². The highest BCUT2D eigenvalue weighted by molar-refractivity contribution is 5.17. The Bertz CT molecular complexity index is 533. The first-order valence-corrected chi connectivity index (χ1v) is 7.55. The minimum absolute atomic E-state index is 0.142. The van der Waals surface area contributed by atoms with Gasteiger partial charge in [-0.05, 0) is 13.8 Å². The van der Waals surface area contributed by atoms with Crippen LogP contribution in [0.5, 0.6) is 0 Å². The monoisotopic (exact) mass is 308 g/mol. The third-order valence-corrected chi connectivity index (χ3v) is 4.22. The van der Waals surface area contributed by atoms with Gasteiger partial charge in [-0.3, -0.25) is 0 Å². The summed E-state index contributed by atoms with van der Waals surface area (Å²) in [6.07, 6.45) is -2.54. The van der Waals surface area contributed by atoms with Crippen LogP contribution in [-0.2, 0) is 23.7 Å². The Morgan fingerprint density at radius 3 is 2.45 bits per heavy atom. The van der Waals surface area contributed by atoms with Gasteiger partial charge in [0, 0.05) is 5.56 Å². The van der Waals surface area contributed by atoms with Crippen LogP contribution >= 0.6 is 0 Å². The molecule has 6 nitrogen and oxygen atoms in total. The molecule has 1 aromatic rings. The van der Waals surface area contributed by atoms with Crippen molar-refractivity contribution >= 4 is 0 Å². The van der Waals surface area contributed by atoms with Crippen molar-refractivity contribution in [1.82, 2.24) is 0 Å². The minimum atomic E-state index is -0.696. The second-order valence-electron chi connectivity index (χ2n) is 6.27. The van der Waals surface area contributed by atoms with Crippen molar-refractivity contribution < 1.29 is 28.8 Å². The molecule has 22 heavy (non-hydrogen) atoms. The van der Waals surface area contributed by atoms with E-state index in [4.69, 9.17) is 23.7 Å². The Hall–Kier alpha value is -1.02. The zero-order valence-corrected chi connectivity index (χ0v) is 12.5. The Morgan fingerprint density at radius 1 is 0.955 bits per heavy atom. The lowest BCUT2D eigenvalue weighted by atomic mass is 10.0. The zero-order valence-electron chi connectivity index (χ0n) is 12.5. The van der Waals surface area contributed by atoms with Gasteiger partial charge in [0.2, 0.25) is 0 Å². The number of aliphatic hydroxyl groups excluding tert-OH is 1. The van der Waals surface area contributed by atoms with Crippen LogP contribution in [0.25, 0.3) is 0 Å². The summed E-state index contributed by atoms with van der Waals surface area (Å²) < 4.78 is 29.4. The molecule has 0 aromatic heterocycles. The van der Waals surface area contributed by atoms with Crippen LogP contribution in [0.4, 0.5) is 0 Å². The van der Waals surface area contributed by atoms with Crippen LogP contribution in [0.3, 0.4) is 0 Å². The van der Waals surface area contributed by atoms with Crippen LogP contribution in [0.2, 0.25) is 0 Å². The molecule has 1 aromatic carbocycles. The van der Waals surface area contributed by atoms with E-state index in [1.807, 2.05) is 44.2 Å². The van der Waals surface area contributed by atoms with Gasteiger partial charge in [0.15, 0.2) is 18.4 Å². The highest BCUT2D eigenvalue weighted by Gasteiger charge is 2.59. The third kappa shape index (κ3) is 2.36. The number of fused-ring (bicyclic) bond motifs is 3. The normalized spacial score (nSPS) is 42.9. The molecule has 4 rings (SSSR count). The quantitative estimate of drug-likeness (QED) is 0.889. The lowest BCUT2D eigenvalue weighted by Gasteiger charge is -2.39. The Kier molecular flexibility index (Phi) is 3.48. The standard InChI is InChI=1S/C16H20O6/c1-16(2)21-13-12-11(19-15(13)22-16)10(8-17)18-14(20-12)9-6-4-3-5-7-9/h3-7,10-15,17H,8H2,1-2H3/t10-,11-,12+,13-,14?,15?/m1/s1. The van der Waals surface area contributed by atoms with E-state index in [2.05, 4.69) is 0 Å². The van der Waals surface area contributed by atoms with Gasteiger partial charge in [0.05, 0.1) is 6.61 Å². The molecule has 0 aliphatic carbocycles. The first-order chi connectivity index (χ1) is 10.6. The van der Waals surface area contributed by atoms with Crippen molar-refractivity contribution in [3.63, 3.8) is 0 Å². The van der Waals surface area contributed by atoms with Gasteiger partial charge >= 0.3 is 0 Å². The Labute approximate surface area is 128 Å². The average Bonchev–Trinajstić information content (AvgIpc) is 2.99. The molecule has 3 aliphatic heterocycles. The second-order valence-corrected chi connectivity index (χ2v) is 6.27. The van der Waals surface area contributed by atoms with Crippen LogP contribution in [0, 0.1) is 0 Å².